The van der Waals surface area contributed by atoms with Crippen molar-refractivity contribution in [3.63, 3.8) is 0 Å². The zero-order valence-electron chi connectivity index (χ0n) is 21.9. The van der Waals surface area contributed by atoms with Crippen LogP contribution < -0.4 is 10.6 Å². The number of ether oxygens (including phenoxy) is 1. The molecular formula is C25H29FN4O12. The lowest BCUT2D eigenvalue weighted by Crippen LogP contribution is -2.85. The van der Waals surface area contributed by atoms with Crippen molar-refractivity contribution in [3.8, 4) is 0 Å². The third-order valence-corrected chi connectivity index (χ3v) is 7.20. The van der Waals surface area contributed by atoms with Gasteiger partial charge < -0.3 is 50.9 Å². The molecule has 3 fully saturated rings. The number of nitrogens with zero attached hydrogens (tertiary/aromatic N) is 2. The van der Waals surface area contributed by atoms with Crippen LogP contribution in [0.1, 0.15) is 11.1 Å². The molecule has 3 aliphatic heterocycles. The Labute approximate surface area is 236 Å². The van der Waals surface area contributed by atoms with E-state index in [1.165, 1.54) is 11.4 Å². The lowest BCUT2D eigenvalue weighted by molar-refractivity contribution is -0.407. The average molecular weight is 597 g/mol. The number of aliphatic hydroxyl groups excluding tert-OH is 3. The van der Waals surface area contributed by atoms with Crippen LogP contribution in [0.25, 0.3) is 0 Å². The highest BCUT2D eigenvalue weighted by molar-refractivity contribution is 6.11. The number of carbonyl (C=O) groups is 3. The Kier molecular flexibility index (Phi) is 8.04. The molecule has 3 aliphatic rings. The molecule has 0 bridgehead atoms. The van der Waals surface area contributed by atoms with Gasteiger partial charge >= 0.3 is 5.79 Å². The number of amides is 3. The Hall–Kier alpha value is -4.10. The molecule has 3 saturated heterocycles. The van der Waals surface area contributed by atoms with E-state index in [9.17, 15) is 55.2 Å². The first kappa shape index (κ1) is 30.8. The number of piperidine rings is 1. The largest absolute Gasteiger partial charge is 0.505 e. The van der Waals surface area contributed by atoms with Crippen LogP contribution >= 0.6 is 0 Å². The molecule has 0 aliphatic carbocycles. The molecular weight excluding hydrogens is 567 g/mol. The molecule has 1 aromatic carbocycles. The van der Waals surface area contributed by atoms with Crippen LogP contribution in [0.2, 0.25) is 0 Å². The van der Waals surface area contributed by atoms with Gasteiger partial charge in [-0.2, -0.15) is 0 Å². The van der Waals surface area contributed by atoms with Gasteiger partial charge in [0.05, 0.1) is 25.3 Å². The van der Waals surface area contributed by atoms with Gasteiger partial charge in [0.2, 0.25) is 0 Å². The molecule has 0 aromatic heterocycles. The summed E-state index contributed by atoms with van der Waals surface area (Å²) >= 11 is 0. The Morgan fingerprint density at radius 1 is 1.02 bits per heavy atom. The van der Waals surface area contributed by atoms with Gasteiger partial charge in [0.15, 0.2) is 17.4 Å². The van der Waals surface area contributed by atoms with Gasteiger partial charge in [-0.1, -0.05) is 24.8 Å². The summed E-state index contributed by atoms with van der Waals surface area (Å²) in [6.45, 7) is 3.98. The van der Waals surface area contributed by atoms with Crippen LogP contribution in [0.5, 0.6) is 0 Å². The van der Waals surface area contributed by atoms with Crippen molar-refractivity contribution in [2.24, 2.45) is 0 Å². The van der Waals surface area contributed by atoms with Crippen molar-refractivity contribution in [2.75, 3.05) is 32.8 Å². The summed E-state index contributed by atoms with van der Waals surface area (Å²) in [6.07, 6.45) is 0. The highest BCUT2D eigenvalue weighted by Crippen LogP contribution is 2.41. The fourth-order valence-electron chi connectivity index (χ4n) is 4.74. The molecule has 1 unspecified atom stereocenters. The average Bonchev–Trinajstić information content (AvgIpc) is 3.29. The van der Waals surface area contributed by atoms with E-state index < -0.39 is 82.5 Å². The number of likely N-dealkylation sites (tertiary alicyclic amines) is 1. The molecule has 228 valence electrons. The van der Waals surface area contributed by atoms with Crippen molar-refractivity contribution in [1.82, 2.24) is 20.4 Å². The molecule has 42 heavy (non-hydrogen) atoms. The fourth-order valence-corrected chi connectivity index (χ4v) is 4.74. The Bertz CT molecular complexity index is 1400. The van der Waals surface area contributed by atoms with Crippen molar-refractivity contribution in [3.05, 3.63) is 70.3 Å². The number of rotatable bonds is 7. The smallest absolute Gasteiger partial charge is 0.306 e. The molecule has 0 spiro atoms. The van der Waals surface area contributed by atoms with Gasteiger partial charge in [0.25, 0.3) is 29.2 Å². The lowest BCUT2D eigenvalue weighted by atomic mass is 9.87. The van der Waals surface area contributed by atoms with E-state index in [1.54, 1.807) is 12.1 Å². The second-order valence-corrected chi connectivity index (χ2v) is 9.82. The quantitative estimate of drug-likeness (QED) is 0.0650. The second kappa shape index (κ2) is 11.0. The summed E-state index contributed by atoms with van der Waals surface area (Å²) in [5.41, 5.74) is -5.28. The number of benzene rings is 1. The minimum atomic E-state index is -4.45. The second-order valence-electron chi connectivity index (χ2n) is 9.82. The van der Waals surface area contributed by atoms with Gasteiger partial charge in [-0.05, 0) is 0 Å². The fraction of sp³-hybridized carbons (Fsp3) is 0.400. The number of aliphatic hydroxyl groups is 8. The number of nitrogens with one attached hydrogen (secondary N) is 2. The summed E-state index contributed by atoms with van der Waals surface area (Å²) in [7, 11) is 0. The number of hydrogen-bond acceptors (Lipinski definition) is 14. The number of imide groups is 1. The topological polar surface area (TPSA) is 253 Å². The number of halogens is 1. The Balaban J connectivity index is 1.68. The highest BCUT2D eigenvalue weighted by Gasteiger charge is 2.76. The maximum absolute atomic E-state index is 15.3. The zero-order chi connectivity index (χ0) is 31.2. The van der Waals surface area contributed by atoms with Crippen LogP contribution in [-0.4, -0.2) is 119 Å². The minimum absolute atomic E-state index is 0.0642. The third-order valence-electron chi connectivity index (χ3n) is 7.20. The standard InChI is InChI=1S/C25H29FN4O12/c1-12(31)18(32)16-15(11-30(20(16)34)23(37)21(35)28-22(36)24(38,39)25(23,40)41)19(33)27-9-13-3-2-4-14(17(13)26)10-29-5-7-42-8-6-29/h2-4,27,31-33,37-41H,1,5-11H2,(H,28,35,36)/b18-16-,19-15-. The summed E-state index contributed by atoms with van der Waals surface area (Å²) in [6, 6.07) is 4.55. The molecule has 1 aromatic rings. The lowest BCUT2D eigenvalue weighted by Gasteiger charge is -2.49. The molecule has 17 heteroatoms. The van der Waals surface area contributed by atoms with Gasteiger partial charge in [-0.15, -0.1) is 0 Å². The first-order valence-electron chi connectivity index (χ1n) is 12.4. The molecule has 3 amide bonds. The van der Waals surface area contributed by atoms with E-state index in [-0.39, 0.29) is 17.0 Å². The van der Waals surface area contributed by atoms with E-state index in [4.69, 9.17) is 4.74 Å². The van der Waals surface area contributed by atoms with Gasteiger partial charge in [-0.3, -0.25) is 29.5 Å². The summed E-state index contributed by atoms with van der Waals surface area (Å²) in [4.78, 5) is 39.5. The van der Waals surface area contributed by atoms with Crippen molar-refractivity contribution in [1.29, 1.82) is 0 Å². The van der Waals surface area contributed by atoms with Crippen LogP contribution in [0.3, 0.4) is 0 Å². The monoisotopic (exact) mass is 596 g/mol. The molecule has 4 rings (SSSR count). The number of carbonyl (C=O) groups excluding carboxylic acids is 3. The molecule has 16 nitrogen and oxygen atoms in total. The maximum atomic E-state index is 15.3. The Morgan fingerprint density at radius 3 is 2.26 bits per heavy atom. The summed E-state index contributed by atoms with van der Waals surface area (Å²) in [5, 5.41) is 86.2. The van der Waals surface area contributed by atoms with E-state index in [1.807, 2.05) is 4.90 Å². The normalized spacial score (nSPS) is 26.6. The maximum Gasteiger partial charge on any atom is 0.306 e. The van der Waals surface area contributed by atoms with Gasteiger partial charge in [0.1, 0.15) is 5.82 Å². The molecule has 3 heterocycles. The van der Waals surface area contributed by atoms with Crippen molar-refractivity contribution >= 4 is 17.7 Å². The van der Waals surface area contributed by atoms with Crippen LogP contribution in [-0.2, 0) is 32.2 Å². The van der Waals surface area contributed by atoms with Crippen LogP contribution in [0, 0.1) is 5.82 Å². The number of morpholine rings is 1. The van der Waals surface area contributed by atoms with Gasteiger partial charge in [-0.25, -0.2) is 4.39 Å². The van der Waals surface area contributed by atoms with Crippen LogP contribution in [0.15, 0.2) is 53.3 Å². The predicted octanol–water partition coefficient (Wildman–Crippen LogP) is -3.05. The van der Waals surface area contributed by atoms with Gasteiger partial charge in [0, 0.05) is 42.9 Å². The van der Waals surface area contributed by atoms with E-state index >= 15 is 4.39 Å². The van der Waals surface area contributed by atoms with Crippen molar-refractivity contribution in [2.45, 2.75) is 30.4 Å². The van der Waals surface area contributed by atoms with E-state index in [0.29, 0.717) is 31.9 Å². The SMILES string of the molecule is C=C(O)/C(O)=C1/C(=O)N(C2(O)C(=O)NC(=O)C(O)(O)C2(O)O)C/C1=C(/O)NCc1cccc(CN2CCOCC2)c1F. The van der Waals surface area contributed by atoms with E-state index in [2.05, 4.69) is 11.9 Å². The number of hydrogen-bond donors (Lipinski definition) is 10. The van der Waals surface area contributed by atoms with E-state index in [0.717, 1.165) is 0 Å². The first-order valence-corrected chi connectivity index (χ1v) is 12.4. The molecule has 0 radical (unpaired) electrons. The predicted molar refractivity (Wildman–Crippen MR) is 135 cm³/mol. The first-order chi connectivity index (χ1) is 19.6. The van der Waals surface area contributed by atoms with Crippen molar-refractivity contribution < 1.29 is 64.4 Å². The highest BCUT2D eigenvalue weighted by atomic mass is 19.1. The summed E-state index contributed by atoms with van der Waals surface area (Å²) < 4.78 is 20.5. The molecule has 10 N–H and O–H groups in total. The molecule has 0 saturated carbocycles. The minimum Gasteiger partial charge on any atom is -0.505 e. The Morgan fingerprint density at radius 2 is 1.64 bits per heavy atom. The summed E-state index contributed by atoms with van der Waals surface area (Å²) in [5.74, 6) is -18.3. The third kappa shape index (κ3) is 4.86. The molecule has 1 atom stereocenters. The van der Waals surface area contributed by atoms with Crippen LogP contribution in [0.4, 0.5) is 4.39 Å². The zero-order valence-corrected chi connectivity index (χ0v) is 21.9.